The molecule has 3 nitrogen and oxygen atoms in total. The minimum Gasteiger partial charge on any atom is -0.389 e. The Labute approximate surface area is 85.9 Å². The molecule has 72 valence electrons. The van der Waals surface area contributed by atoms with Crippen molar-refractivity contribution >= 4 is 23.2 Å². The standard InChI is InChI=1S/C8H9Cl2NO2/c9-3-6(12)8(13)5-1-2-7(10)11-4-5/h1-2,4,6,8,12-13H,3H2. The number of pyridine rings is 1. The third kappa shape index (κ3) is 2.81. The van der Waals surface area contributed by atoms with Gasteiger partial charge in [0.1, 0.15) is 11.3 Å². The van der Waals surface area contributed by atoms with Crippen LogP contribution < -0.4 is 0 Å². The minimum absolute atomic E-state index is 0.0240. The van der Waals surface area contributed by atoms with Crippen LogP contribution in [-0.4, -0.2) is 27.2 Å². The highest BCUT2D eigenvalue weighted by Gasteiger charge is 2.17. The highest BCUT2D eigenvalue weighted by Crippen LogP contribution is 2.17. The predicted molar refractivity (Wildman–Crippen MR) is 50.9 cm³/mol. The molecule has 0 aliphatic heterocycles. The fraction of sp³-hybridized carbons (Fsp3) is 0.375. The third-order valence-electron chi connectivity index (χ3n) is 1.61. The average Bonchev–Trinajstić information content (AvgIpc) is 2.17. The van der Waals surface area contributed by atoms with Crippen LogP contribution in [0.3, 0.4) is 0 Å². The summed E-state index contributed by atoms with van der Waals surface area (Å²) in [6, 6.07) is 3.14. The zero-order chi connectivity index (χ0) is 9.84. The van der Waals surface area contributed by atoms with E-state index in [4.69, 9.17) is 23.2 Å². The predicted octanol–water partition coefficient (Wildman–Crippen LogP) is 1.37. The van der Waals surface area contributed by atoms with Crippen molar-refractivity contribution in [1.82, 2.24) is 4.98 Å². The van der Waals surface area contributed by atoms with Gasteiger partial charge in [0.05, 0.1) is 12.0 Å². The van der Waals surface area contributed by atoms with E-state index in [0.717, 1.165) is 0 Å². The van der Waals surface area contributed by atoms with Crippen LogP contribution in [-0.2, 0) is 0 Å². The number of hydrogen-bond acceptors (Lipinski definition) is 3. The number of nitrogens with zero attached hydrogens (tertiary/aromatic N) is 1. The smallest absolute Gasteiger partial charge is 0.129 e. The van der Waals surface area contributed by atoms with Crippen molar-refractivity contribution in [2.75, 3.05) is 5.88 Å². The van der Waals surface area contributed by atoms with E-state index in [1.165, 1.54) is 6.20 Å². The number of halogens is 2. The molecule has 0 amide bonds. The number of alkyl halides is 1. The first-order valence-corrected chi connectivity index (χ1v) is 4.60. The van der Waals surface area contributed by atoms with E-state index in [1.54, 1.807) is 12.1 Å². The molecule has 0 aromatic carbocycles. The fourth-order valence-corrected chi connectivity index (χ4v) is 1.15. The molecule has 13 heavy (non-hydrogen) atoms. The topological polar surface area (TPSA) is 53.4 Å². The van der Waals surface area contributed by atoms with Gasteiger partial charge in [-0.3, -0.25) is 0 Å². The molecule has 0 aliphatic carbocycles. The average molecular weight is 222 g/mol. The van der Waals surface area contributed by atoms with E-state index in [0.29, 0.717) is 10.7 Å². The molecule has 1 rings (SSSR count). The second-order valence-electron chi connectivity index (χ2n) is 2.58. The molecule has 0 aliphatic rings. The summed E-state index contributed by atoms with van der Waals surface area (Å²) in [4.78, 5) is 3.77. The molecule has 0 bridgehead atoms. The van der Waals surface area contributed by atoms with Crippen molar-refractivity contribution in [2.24, 2.45) is 0 Å². The van der Waals surface area contributed by atoms with Crippen LogP contribution in [0, 0.1) is 0 Å². The number of hydrogen-bond donors (Lipinski definition) is 2. The van der Waals surface area contributed by atoms with E-state index >= 15 is 0 Å². The third-order valence-corrected chi connectivity index (χ3v) is 2.15. The second-order valence-corrected chi connectivity index (χ2v) is 3.28. The van der Waals surface area contributed by atoms with Crippen LogP contribution in [0.25, 0.3) is 0 Å². The molecule has 1 heterocycles. The molecule has 5 heteroatoms. The molecule has 0 radical (unpaired) electrons. The maximum Gasteiger partial charge on any atom is 0.129 e. The molecule has 0 saturated carbocycles. The Morgan fingerprint density at radius 1 is 1.38 bits per heavy atom. The molecule has 2 unspecified atom stereocenters. The van der Waals surface area contributed by atoms with Gasteiger partial charge in [-0.05, 0) is 6.07 Å². The molecule has 1 aromatic rings. The largest absolute Gasteiger partial charge is 0.389 e. The summed E-state index contributed by atoms with van der Waals surface area (Å²) in [5.74, 6) is -0.0240. The lowest BCUT2D eigenvalue weighted by Gasteiger charge is -2.14. The Morgan fingerprint density at radius 3 is 2.54 bits per heavy atom. The summed E-state index contributed by atoms with van der Waals surface area (Å²) in [6.45, 7) is 0. The minimum atomic E-state index is -1.01. The summed E-state index contributed by atoms with van der Waals surface area (Å²) in [5, 5.41) is 19.0. The zero-order valence-corrected chi connectivity index (χ0v) is 8.20. The SMILES string of the molecule is OC(CCl)C(O)c1ccc(Cl)nc1. The van der Waals surface area contributed by atoms with Crippen LogP contribution >= 0.6 is 23.2 Å². The number of aliphatic hydroxyl groups excluding tert-OH is 2. The molecule has 0 fully saturated rings. The Morgan fingerprint density at radius 2 is 2.08 bits per heavy atom. The Balaban J connectivity index is 2.77. The molecular formula is C8H9Cl2NO2. The van der Waals surface area contributed by atoms with Crippen molar-refractivity contribution in [2.45, 2.75) is 12.2 Å². The van der Waals surface area contributed by atoms with Crippen molar-refractivity contribution in [3.8, 4) is 0 Å². The van der Waals surface area contributed by atoms with E-state index in [-0.39, 0.29) is 5.88 Å². The Bertz CT molecular complexity index is 265. The van der Waals surface area contributed by atoms with Crippen LogP contribution in [0.4, 0.5) is 0 Å². The molecule has 0 spiro atoms. The first-order valence-electron chi connectivity index (χ1n) is 3.68. The van der Waals surface area contributed by atoms with Crippen molar-refractivity contribution < 1.29 is 10.2 Å². The lowest BCUT2D eigenvalue weighted by Crippen LogP contribution is -2.19. The van der Waals surface area contributed by atoms with Gasteiger partial charge in [0, 0.05) is 11.8 Å². The van der Waals surface area contributed by atoms with Crippen LogP contribution in [0.1, 0.15) is 11.7 Å². The first kappa shape index (κ1) is 10.7. The highest BCUT2D eigenvalue weighted by molar-refractivity contribution is 6.29. The van der Waals surface area contributed by atoms with Crippen molar-refractivity contribution in [1.29, 1.82) is 0 Å². The molecule has 2 atom stereocenters. The summed E-state index contributed by atoms with van der Waals surface area (Å²) in [6.07, 6.45) is -0.588. The van der Waals surface area contributed by atoms with Crippen molar-refractivity contribution in [3.63, 3.8) is 0 Å². The van der Waals surface area contributed by atoms with Crippen LogP contribution in [0.15, 0.2) is 18.3 Å². The monoisotopic (exact) mass is 221 g/mol. The normalized spacial score (nSPS) is 15.4. The lowest BCUT2D eigenvalue weighted by atomic mass is 10.1. The van der Waals surface area contributed by atoms with Gasteiger partial charge >= 0.3 is 0 Å². The van der Waals surface area contributed by atoms with Crippen LogP contribution in [0.2, 0.25) is 5.15 Å². The fourth-order valence-electron chi connectivity index (χ4n) is 0.869. The molecular weight excluding hydrogens is 213 g/mol. The summed E-state index contributed by atoms with van der Waals surface area (Å²) in [5.41, 5.74) is 0.498. The molecule has 0 saturated heterocycles. The van der Waals surface area contributed by atoms with Gasteiger partial charge in [-0.15, -0.1) is 11.6 Å². The Kier molecular flexibility index (Phi) is 3.93. The number of aromatic nitrogens is 1. The number of rotatable bonds is 3. The van der Waals surface area contributed by atoms with Crippen molar-refractivity contribution in [3.05, 3.63) is 29.0 Å². The lowest BCUT2D eigenvalue weighted by molar-refractivity contribution is 0.0325. The zero-order valence-electron chi connectivity index (χ0n) is 6.69. The van der Waals surface area contributed by atoms with Gasteiger partial charge in [-0.25, -0.2) is 4.98 Å². The van der Waals surface area contributed by atoms with Gasteiger partial charge < -0.3 is 10.2 Å². The van der Waals surface area contributed by atoms with Gasteiger partial charge in [-0.2, -0.15) is 0 Å². The number of aliphatic hydroxyl groups is 2. The van der Waals surface area contributed by atoms with E-state index in [9.17, 15) is 10.2 Å². The van der Waals surface area contributed by atoms with E-state index in [2.05, 4.69) is 4.98 Å². The summed E-state index contributed by atoms with van der Waals surface area (Å²) in [7, 11) is 0. The van der Waals surface area contributed by atoms with E-state index < -0.39 is 12.2 Å². The van der Waals surface area contributed by atoms with Gasteiger partial charge in [0.2, 0.25) is 0 Å². The van der Waals surface area contributed by atoms with E-state index in [1.807, 2.05) is 0 Å². The quantitative estimate of drug-likeness (QED) is 0.599. The Hall–Kier alpha value is -0.350. The van der Waals surface area contributed by atoms with Gasteiger partial charge in [0.25, 0.3) is 0 Å². The van der Waals surface area contributed by atoms with Gasteiger partial charge in [-0.1, -0.05) is 17.7 Å². The molecule has 2 N–H and O–H groups in total. The van der Waals surface area contributed by atoms with Gasteiger partial charge in [0.15, 0.2) is 0 Å². The summed E-state index contributed by atoms with van der Waals surface area (Å²) < 4.78 is 0. The van der Waals surface area contributed by atoms with Crippen LogP contribution in [0.5, 0.6) is 0 Å². The second kappa shape index (κ2) is 4.77. The first-order chi connectivity index (χ1) is 6.15. The maximum atomic E-state index is 9.46. The highest BCUT2D eigenvalue weighted by atomic mass is 35.5. The molecule has 1 aromatic heterocycles. The summed E-state index contributed by atoms with van der Waals surface area (Å²) >= 11 is 10.9. The maximum absolute atomic E-state index is 9.46.